The quantitative estimate of drug-likeness (QED) is 0.869. The molecule has 0 radical (unpaired) electrons. The first-order valence-corrected chi connectivity index (χ1v) is 6.03. The Morgan fingerprint density at radius 2 is 2.11 bits per heavy atom. The fourth-order valence-electron chi connectivity index (χ4n) is 1.61. The van der Waals surface area contributed by atoms with Crippen molar-refractivity contribution in [2.45, 2.75) is 6.54 Å². The van der Waals surface area contributed by atoms with Crippen LogP contribution in [0.15, 0.2) is 36.5 Å². The number of nitrogens with one attached hydrogen (secondary N) is 1. The summed E-state index contributed by atoms with van der Waals surface area (Å²) < 4.78 is 5.10. The molecule has 96 valence electrons. The Labute approximate surface area is 116 Å². The highest BCUT2D eigenvalue weighted by Gasteiger charge is 2.03. The molecule has 0 saturated carbocycles. The molecule has 0 saturated heterocycles. The largest absolute Gasteiger partial charge is 0.497 e. The van der Waals surface area contributed by atoms with E-state index >= 15 is 0 Å². The lowest BCUT2D eigenvalue weighted by Gasteiger charge is -2.09. The summed E-state index contributed by atoms with van der Waals surface area (Å²) >= 11 is 5.82. The molecule has 0 aliphatic heterocycles. The van der Waals surface area contributed by atoms with Crippen LogP contribution in [0.4, 0.5) is 5.69 Å². The van der Waals surface area contributed by atoms with E-state index in [1.54, 1.807) is 13.2 Å². The molecule has 0 aliphatic rings. The molecule has 1 heterocycles. The van der Waals surface area contributed by atoms with Gasteiger partial charge in [-0.15, -0.1) is 0 Å². The highest BCUT2D eigenvalue weighted by atomic mass is 35.5. The van der Waals surface area contributed by atoms with E-state index in [-0.39, 0.29) is 0 Å². The van der Waals surface area contributed by atoms with Crippen LogP contribution in [0, 0.1) is 11.3 Å². The van der Waals surface area contributed by atoms with E-state index in [4.69, 9.17) is 21.6 Å². The van der Waals surface area contributed by atoms with E-state index in [1.807, 2.05) is 24.3 Å². The zero-order valence-electron chi connectivity index (χ0n) is 10.4. The molecule has 0 amide bonds. The summed E-state index contributed by atoms with van der Waals surface area (Å²) in [5.41, 5.74) is 2.23. The second-order valence-electron chi connectivity index (χ2n) is 3.87. The molecule has 0 atom stereocenters. The lowest BCUT2D eigenvalue weighted by molar-refractivity contribution is 0.414. The summed E-state index contributed by atoms with van der Waals surface area (Å²) in [7, 11) is 1.63. The van der Waals surface area contributed by atoms with E-state index in [1.165, 1.54) is 6.20 Å². The first-order chi connectivity index (χ1) is 9.22. The number of methoxy groups -OCH3 is 1. The summed E-state index contributed by atoms with van der Waals surface area (Å²) in [6.07, 6.45) is 1.46. The van der Waals surface area contributed by atoms with Gasteiger partial charge < -0.3 is 10.1 Å². The maximum atomic E-state index is 8.99. The number of hydrogen-bond donors (Lipinski definition) is 1. The van der Waals surface area contributed by atoms with Crippen LogP contribution in [0.1, 0.15) is 11.1 Å². The first kappa shape index (κ1) is 13.2. The first-order valence-electron chi connectivity index (χ1n) is 5.65. The Hall–Kier alpha value is -2.25. The standard InChI is InChI=1S/C14H12ClN3O/c1-19-12-4-2-10(3-5-12)8-17-13-6-14(15)18-9-11(13)7-16/h2-6,9H,8H2,1H3,(H,17,18). The zero-order valence-corrected chi connectivity index (χ0v) is 11.1. The summed E-state index contributed by atoms with van der Waals surface area (Å²) in [5.74, 6) is 0.813. The fraction of sp³-hybridized carbons (Fsp3) is 0.143. The Morgan fingerprint density at radius 1 is 1.37 bits per heavy atom. The molecule has 5 heteroatoms. The van der Waals surface area contributed by atoms with Crippen LogP contribution in [0.2, 0.25) is 5.15 Å². The van der Waals surface area contributed by atoms with Crippen molar-refractivity contribution in [3.63, 3.8) is 0 Å². The Kier molecular flexibility index (Phi) is 4.22. The molecule has 0 bridgehead atoms. The van der Waals surface area contributed by atoms with Gasteiger partial charge in [-0.25, -0.2) is 4.98 Å². The number of rotatable bonds is 4. The minimum atomic E-state index is 0.358. The van der Waals surface area contributed by atoms with Gasteiger partial charge in [-0.05, 0) is 23.8 Å². The number of ether oxygens (including phenoxy) is 1. The highest BCUT2D eigenvalue weighted by Crippen LogP contribution is 2.19. The minimum Gasteiger partial charge on any atom is -0.497 e. The van der Waals surface area contributed by atoms with Crippen molar-refractivity contribution in [1.29, 1.82) is 5.26 Å². The van der Waals surface area contributed by atoms with E-state index < -0.39 is 0 Å². The van der Waals surface area contributed by atoms with Crippen LogP contribution in [-0.2, 0) is 6.54 Å². The summed E-state index contributed by atoms with van der Waals surface area (Å²) in [5, 5.41) is 12.5. The number of halogens is 1. The molecule has 1 aromatic heterocycles. The lowest BCUT2D eigenvalue weighted by atomic mass is 10.2. The number of anilines is 1. The van der Waals surface area contributed by atoms with Gasteiger partial charge in [-0.1, -0.05) is 23.7 Å². The molecule has 0 unspecified atom stereocenters. The van der Waals surface area contributed by atoms with Crippen LogP contribution in [0.25, 0.3) is 0 Å². The number of benzene rings is 1. The van der Waals surface area contributed by atoms with Gasteiger partial charge in [0, 0.05) is 12.7 Å². The maximum absolute atomic E-state index is 8.99. The van der Waals surface area contributed by atoms with Crippen molar-refractivity contribution in [1.82, 2.24) is 4.98 Å². The Bertz CT molecular complexity index is 605. The van der Waals surface area contributed by atoms with Gasteiger partial charge in [0.15, 0.2) is 0 Å². The third kappa shape index (κ3) is 3.36. The minimum absolute atomic E-state index is 0.358. The summed E-state index contributed by atoms with van der Waals surface area (Å²) in [4.78, 5) is 3.87. The van der Waals surface area contributed by atoms with Crippen molar-refractivity contribution in [3.8, 4) is 11.8 Å². The van der Waals surface area contributed by atoms with Gasteiger partial charge >= 0.3 is 0 Å². The number of pyridine rings is 1. The van der Waals surface area contributed by atoms with Crippen LogP contribution < -0.4 is 10.1 Å². The molecule has 1 N–H and O–H groups in total. The van der Waals surface area contributed by atoms with Crippen molar-refractivity contribution in [2.24, 2.45) is 0 Å². The van der Waals surface area contributed by atoms with Crippen LogP contribution in [-0.4, -0.2) is 12.1 Å². The van der Waals surface area contributed by atoms with Gasteiger partial charge in [-0.2, -0.15) is 5.26 Å². The molecule has 0 fully saturated rings. The Morgan fingerprint density at radius 3 is 2.74 bits per heavy atom. The molecular formula is C14H12ClN3O. The number of nitriles is 1. The number of hydrogen-bond acceptors (Lipinski definition) is 4. The van der Waals surface area contributed by atoms with Gasteiger partial charge in [0.05, 0.1) is 18.4 Å². The topological polar surface area (TPSA) is 57.9 Å². The molecular weight excluding hydrogens is 262 g/mol. The van der Waals surface area contributed by atoms with E-state index in [0.717, 1.165) is 11.3 Å². The molecule has 4 nitrogen and oxygen atoms in total. The molecule has 2 aromatic rings. The second-order valence-corrected chi connectivity index (χ2v) is 4.25. The molecule has 0 spiro atoms. The van der Waals surface area contributed by atoms with Gasteiger partial charge in [0.2, 0.25) is 0 Å². The van der Waals surface area contributed by atoms with E-state index in [9.17, 15) is 0 Å². The third-order valence-electron chi connectivity index (χ3n) is 2.63. The van der Waals surface area contributed by atoms with Crippen molar-refractivity contribution < 1.29 is 4.74 Å². The summed E-state index contributed by atoms with van der Waals surface area (Å²) in [6, 6.07) is 11.4. The smallest absolute Gasteiger partial charge is 0.131 e. The molecule has 0 aliphatic carbocycles. The second kappa shape index (κ2) is 6.07. The predicted octanol–water partition coefficient (Wildman–Crippen LogP) is 3.23. The van der Waals surface area contributed by atoms with Gasteiger partial charge in [0.1, 0.15) is 17.0 Å². The summed E-state index contributed by atoms with van der Waals surface area (Å²) in [6.45, 7) is 0.596. The molecule has 19 heavy (non-hydrogen) atoms. The zero-order chi connectivity index (χ0) is 13.7. The third-order valence-corrected chi connectivity index (χ3v) is 2.84. The average Bonchev–Trinajstić information content (AvgIpc) is 2.46. The monoisotopic (exact) mass is 273 g/mol. The average molecular weight is 274 g/mol. The molecule has 2 rings (SSSR count). The maximum Gasteiger partial charge on any atom is 0.131 e. The van der Waals surface area contributed by atoms with Gasteiger partial charge in [-0.3, -0.25) is 0 Å². The van der Waals surface area contributed by atoms with Crippen LogP contribution in [0.5, 0.6) is 5.75 Å². The van der Waals surface area contributed by atoms with Crippen molar-refractivity contribution >= 4 is 17.3 Å². The lowest BCUT2D eigenvalue weighted by Crippen LogP contribution is -2.01. The van der Waals surface area contributed by atoms with Crippen molar-refractivity contribution in [2.75, 3.05) is 12.4 Å². The predicted molar refractivity (Wildman–Crippen MR) is 74.3 cm³/mol. The van der Waals surface area contributed by atoms with Gasteiger partial charge in [0.25, 0.3) is 0 Å². The molecule has 1 aromatic carbocycles. The Balaban J connectivity index is 2.09. The normalized spacial score (nSPS) is 9.74. The fourth-order valence-corrected chi connectivity index (χ4v) is 1.76. The van der Waals surface area contributed by atoms with E-state index in [2.05, 4.69) is 16.4 Å². The van der Waals surface area contributed by atoms with E-state index in [0.29, 0.717) is 22.9 Å². The number of nitrogens with zero attached hydrogens (tertiary/aromatic N) is 2. The van der Waals surface area contributed by atoms with Crippen LogP contribution in [0.3, 0.4) is 0 Å². The SMILES string of the molecule is COc1ccc(CNc2cc(Cl)ncc2C#N)cc1. The van der Waals surface area contributed by atoms with Crippen LogP contribution >= 0.6 is 11.6 Å². The number of aromatic nitrogens is 1. The van der Waals surface area contributed by atoms with Crippen molar-refractivity contribution in [3.05, 3.63) is 52.8 Å². The highest BCUT2D eigenvalue weighted by molar-refractivity contribution is 6.29.